The van der Waals surface area contributed by atoms with Gasteiger partial charge in [0.05, 0.1) is 5.82 Å². The summed E-state index contributed by atoms with van der Waals surface area (Å²) in [6.45, 7) is 6.89. The summed E-state index contributed by atoms with van der Waals surface area (Å²) in [6.07, 6.45) is 18.8. The third-order valence-corrected chi connectivity index (χ3v) is 7.28. The molecule has 0 aliphatic heterocycles. The van der Waals surface area contributed by atoms with E-state index in [0.29, 0.717) is 0 Å². The molecule has 0 saturated heterocycles. The first-order valence-electron chi connectivity index (χ1n) is 13.1. The van der Waals surface area contributed by atoms with E-state index in [9.17, 15) is 0 Å². The van der Waals surface area contributed by atoms with E-state index in [2.05, 4.69) is 63.2 Å². The first-order chi connectivity index (χ1) is 16.1. The summed E-state index contributed by atoms with van der Waals surface area (Å²) in [5.74, 6) is 0.774. The van der Waals surface area contributed by atoms with Crippen LogP contribution >= 0.6 is 0 Å². The van der Waals surface area contributed by atoms with Gasteiger partial charge >= 0.3 is 0 Å². The maximum atomic E-state index is 4.69. The van der Waals surface area contributed by atoms with Crippen LogP contribution in [0.5, 0.6) is 0 Å². The van der Waals surface area contributed by atoms with Crippen molar-refractivity contribution >= 4 is 0 Å². The van der Waals surface area contributed by atoms with E-state index in [1.807, 2.05) is 12.4 Å². The van der Waals surface area contributed by atoms with Crippen LogP contribution < -0.4 is 0 Å². The molecule has 0 saturated carbocycles. The summed E-state index contributed by atoms with van der Waals surface area (Å²) in [7, 11) is 0. The van der Waals surface area contributed by atoms with Crippen LogP contribution in [0.2, 0.25) is 0 Å². The Kier molecular flexibility index (Phi) is 10.0. The number of fused-ring (bicyclic) bond motifs is 3. The normalized spacial score (nSPS) is 13.3. The average Bonchev–Trinajstić information content (AvgIpc) is 3.07. The van der Waals surface area contributed by atoms with Gasteiger partial charge in [-0.05, 0) is 29.4 Å². The van der Waals surface area contributed by atoms with E-state index in [4.69, 9.17) is 9.97 Å². The maximum absolute atomic E-state index is 4.69. The zero-order chi connectivity index (χ0) is 23.1. The second kappa shape index (κ2) is 12.8. The predicted molar refractivity (Wildman–Crippen MR) is 139 cm³/mol. The molecule has 1 radical (unpaired) electrons. The van der Waals surface area contributed by atoms with E-state index in [1.165, 1.54) is 92.0 Å². The molecule has 1 aliphatic carbocycles. The molecule has 3 aromatic rings. The zero-order valence-corrected chi connectivity index (χ0v) is 23.5. The van der Waals surface area contributed by atoms with Gasteiger partial charge < -0.3 is 0 Å². The largest absolute Gasteiger partial charge is 0.285 e. The van der Waals surface area contributed by atoms with E-state index in [-0.39, 0.29) is 25.5 Å². The van der Waals surface area contributed by atoms with Crippen molar-refractivity contribution in [1.29, 1.82) is 0 Å². The summed E-state index contributed by atoms with van der Waals surface area (Å²) in [4.78, 5) is 9.39. The fraction of sp³-hybridized carbons (Fsp3) is 0.484. The number of aryl methyl sites for hydroxylation is 1. The Morgan fingerprint density at radius 2 is 1.38 bits per heavy atom. The number of aromatic nitrogens is 2. The van der Waals surface area contributed by atoms with E-state index in [0.717, 1.165) is 17.8 Å². The number of hydrogen-bond donors (Lipinski definition) is 0. The fourth-order valence-corrected chi connectivity index (χ4v) is 5.21. The van der Waals surface area contributed by atoms with Crippen LogP contribution in [0.3, 0.4) is 0 Å². The summed E-state index contributed by atoms with van der Waals surface area (Å²) in [5.41, 5.74) is 7.57. The summed E-state index contributed by atoms with van der Waals surface area (Å²) in [5, 5.41) is 0. The molecule has 4 rings (SSSR count). The number of benzene rings is 2. The van der Waals surface area contributed by atoms with Gasteiger partial charge in [-0.15, -0.1) is 29.3 Å². The smallest absolute Gasteiger partial charge is 0.0748 e. The number of nitrogens with zero attached hydrogens (tertiary/aromatic N) is 2. The van der Waals surface area contributed by atoms with E-state index in [1.54, 1.807) is 0 Å². The minimum atomic E-state index is -0.00871. The second-order valence-electron chi connectivity index (χ2n) is 10.2. The second-order valence-corrected chi connectivity index (χ2v) is 10.2. The van der Waals surface area contributed by atoms with Crippen LogP contribution in [-0.2, 0) is 31.9 Å². The minimum Gasteiger partial charge on any atom is -0.285 e. The van der Waals surface area contributed by atoms with Crippen molar-refractivity contribution < 1.29 is 20.1 Å². The first kappa shape index (κ1) is 26.8. The van der Waals surface area contributed by atoms with Gasteiger partial charge in [0.15, 0.2) is 0 Å². The summed E-state index contributed by atoms with van der Waals surface area (Å²) >= 11 is 0. The monoisotopic (exact) mass is 632 g/mol. The molecule has 34 heavy (non-hydrogen) atoms. The molecule has 0 spiro atoms. The molecule has 1 heterocycles. The van der Waals surface area contributed by atoms with Crippen molar-refractivity contribution in [2.45, 2.75) is 96.8 Å². The Bertz CT molecular complexity index is 1040. The van der Waals surface area contributed by atoms with Gasteiger partial charge in [0.2, 0.25) is 0 Å². The molecule has 183 valence electrons. The van der Waals surface area contributed by atoms with Crippen LogP contribution in [0.25, 0.3) is 22.5 Å². The van der Waals surface area contributed by atoms with Crippen molar-refractivity contribution in [3.05, 3.63) is 71.5 Å². The molecular formula is C31H39IrN2-. The van der Waals surface area contributed by atoms with Crippen molar-refractivity contribution in [2.75, 3.05) is 0 Å². The number of hydrogen-bond acceptors (Lipinski definition) is 2. The Morgan fingerprint density at radius 3 is 2.06 bits per heavy atom. The molecule has 0 atom stereocenters. The van der Waals surface area contributed by atoms with Gasteiger partial charge in [-0.3, -0.25) is 9.97 Å². The molecule has 2 nitrogen and oxygen atoms in total. The maximum Gasteiger partial charge on any atom is 0.0748 e. The van der Waals surface area contributed by atoms with Crippen LogP contribution in [0.15, 0.2) is 48.8 Å². The topological polar surface area (TPSA) is 25.8 Å². The van der Waals surface area contributed by atoms with Crippen LogP contribution in [0.1, 0.15) is 102 Å². The molecule has 0 unspecified atom stereocenters. The van der Waals surface area contributed by atoms with Crippen molar-refractivity contribution in [3.63, 3.8) is 0 Å². The first-order valence-corrected chi connectivity index (χ1v) is 13.1. The average molecular weight is 632 g/mol. The Labute approximate surface area is 220 Å². The van der Waals surface area contributed by atoms with Crippen molar-refractivity contribution in [3.8, 4) is 22.5 Å². The zero-order valence-electron chi connectivity index (χ0n) is 21.1. The van der Waals surface area contributed by atoms with Gasteiger partial charge in [-0.2, -0.15) is 0 Å². The SMILES string of the molecule is CCCCCCCCCCCCc1cnc(-c2[c-]cc3c(c2)C(C)(C)c2ccccc2-3)nc1.[Ir]. The van der Waals surface area contributed by atoms with Gasteiger partial charge in [0, 0.05) is 32.5 Å². The Morgan fingerprint density at radius 1 is 0.765 bits per heavy atom. The molecule has 0 amide bonds. The van der Waals surface area contributed by atoms with Crippen LogP contribution in [-0.4, -0.2) is 9.97 Å². The van der Waals surface area contributed by atoms with Crippen LogP contribution in [0.4, 0.5) is 0 Å². The number of rotatable bonds is 12. The molecule has 0 fully saturated rings. The quantitative estimate of drug-likeness (QED) is 0.148. The molecule has 1 aromatic heterocycles. The molecule has 1 aliphatic rings. The summed E-state index contributed by atoms with van der Waals surface area (Å²) in [6, 6.07) is 16.5. The molecule has 3 heteroatoms. The Balaban J connectivity index is 0.00000324. The van der Waals surface area contributed by atoms with Crippen molar-refractivity contribution in [2.24, 2.45) is 0 Å². The van der Waals surface area contributed by atoms with Gasteiger partial charge in [0.1, 0.15) is 0 Å². The summed E-state index contributed by atoms with van der Waals surface area (Å²) < 4.78 is 0. The molecule has 2 aromatic carbocycles. The Hall–Kier alpha value is -1.83. The van der Waals surface area contributed by atoms with Gasteiger partial charge in [0.25, 0.3) is 0 Å². The third-order valence-electron chi connectivity index (χ3n) is 7.28. The third kappa shape index (κ3) is 6.23. The van der Waals surface area contributed by atoms with E-state index < -0.39 is 0 Å². The van der Waals surface area contributed by atoms with E-state index >= 15 is 0 Å². The number of unbranched alkanes of at least 4 members (excludes halogenated alkanes) is 9. The molecule has 0 N–H and O–H groups in total. The minimum absolute atomic E-state index is 0. The van der Waals surface area contributed by atoms with Gasteiger partial charge in [-0.1, -0.05) is 114 Å². The van der Waals surface area contributed by atoms with Gasteiger partial charge in [-0.25, -0.2) is 0 Å². The van der Waals surface area contributed by atoms with Crippen LogP contribution in [0, 0.1) is 6.07 Å². The molecular weight excluding hydrogens is 593 g/mol. The molecule has 0 bridgehead atoms. The predicted octanol–water partition coefficient (Wildman–Crippen LogP) is 8.71. The van der Waals surface area contributed by atoms with Crippen molar-refractivity contribution in [1.82, 2.24) is 9.97 Å². The standard InChI is InChI=1S/C31H39N2.Ir/c1-4-5-6-7-8-9-10-11-12-13-16-24-22-32-30(33-23-24)25-19-20-27-26-17-14-15-18-28(26)31(2,3)29(27)21-25;/h14-15,17-18,20-23H,4-13,16H2,1-3H3;/q-1;. The fourth-order valence-electron chi connectivity index (χ4n) is 5.21.